The average molecular weight is 394 g/mol. The lowest BCUT2D eigenvalue weighted by atomic mass is 9.98. The van der Waals surface area contributed by atoms with Gasteiger partial charge in [0.25, 0.3) is 5.91 Å². The van der Waals surface area contributed by atoms with Gasteiger partial charge in [-0.25, -0.2) is 4.39 Å². The van der Waals surface area contributed by atoms with Crippen molar-refractivity contribution in [3.8, 4) is 0 Å². The zero-order chi connectivity index (χ0) is 20.3. The second kappa shape index (κ2) is 7.95. The molecule has 0 aliphatic carbocycles. The molecule has 1 aromatic carbocycles. The van der Waals surface area contributed by atoms with Gasteiger partial charge in [0.05, 0.1) is 5.56 Å². The van der Waals surface area contributed by atoms with Crippen LogP contribution in [0.25, 0.3) is 6.08 Å². The largest absolute Gasteiger partial charge is 0.416 e. The van der Waals surface area contributed by atoms with E-state index in [1.807, 2.05) is 4.90 Å². The minimum Gasteiger partial charge on any atom is -0.354 e. The first-order chi connectivity index (χ1) is 13.3. The van der Waals surface area contributed by atoms with E-state index in [9.17, 15) is 22.4 Å². The highest BCUT2D eigenvalue weighted by Crippen LogP contribution is 2.34. The van der Waals surface area contributed by atoms with Crippen molar-refractivity contribution in [2.45, 2.75) is 19.0 Å². The summed E-state index contributed by atoms with van der Waals surface area (Å²) < 4.78 is 52.8. The van der Waals surface area contributed by atoms with Crippen LogP contribution in [0.3, 0.4) is 0 Å². The molecular weight excluding hydrogens is 376 g/mol. The van der Waals surface area contributed by atoms with Crippen LogP contribution in [-0.2, 0) is 6.18 Å². The van der Waals surface area contributed by atoms with Gasteiger partial charge in [0.2, 0.25) is 0 Å². The summed E-state index contributed by atoms with van der Waals surface area (Å²) >= 11 is 0. The summed E-state index contributed by atoms with van der Waals surface area (Å²) in [4.78, 5) is 13.4. The van der Waals surface area contributed by atoms with E-state index < -0.39 is 17.6 Å². The quantitative estimate of drug-likeness (QED) is 0.807. The summed E-state index contributed by atoms with van der Waals surface area (Å²) in [6.45, 7) is 1.08. The fourth-order valence-corrected chi connectivity index (χ4v) is 3.04. The van der Waals surface area contributed by atoms with Crippen molar-refractivity contribution in [2.24, 2.45) is 0 Å². The predicted octanol–water partition coefficient (Wildman–Crippen LogP) is 3.68. The smallest absolute Gasteiger partial charge is 0.354 e. The van der Waals surface area contributed by atoms with Gasteiger partial charge in [-0.2, -0.15) is 13.2 Å². The Hall–Kier alpha value is -2.97. The number of piperidine rings is 1. The first kappa shape index (κ1) is 19.8. The van der Waals surface area contributed by atoms with E-state index in [0.717, 1.165) is 23.8 Å². The van der Waals surface area contributed by atoms with Crippen molar-refractivity contribution in [2.75, 3.05) is 25.0 Å². The molecule has 28 heavy (non-hydrogen) atoms. The van der Waals surface area contributed by atoms with E-state index >= 15 is 0 Å². The Morgan fingerprint density at radius 2 is 1.86 bits per heavy atom. The van der Waals surface area contributed by atoms with Crippen LogP contribution in [0.15, 0.2) is 35.9 Å². The van der Waals surface area contributed by atoms with Gasteiger partial charge < -0.3 is 10.2 Å². The third-order valence-corrected chi connectivity index (χ3v) is 4.52. The molecule has 5 nitrogen and oxygen atoms in total. The molecule has 148 valence electrons. The zero-order valence-corrected chi connectivity index (χ0v) is 15.1. The maximum atomic E-state index is 13.4. The molecule has 1 aliphatic heterocycles. The summed E-state index contributed by atoms with van der Waals surface area (Å²) in [5.41, 5.74) is 0.00192. The molecule has 2 aromatic rings. The number of rotatable bonds is 3. The molecule has 0 unspecified atom stereocenters. The minimum absolute atomic E-state index is 0.161. The third kappa shape index (κ3) is 4.47. The molecular formula is C19H18F4N4O. The van der Waals surface area contributed by atoms with Gasteiger partial charge in [-0.15, -0.1) is 10.2 Å². The molecule has 0 radical (unpaired) electrons. The number of nitrogens with zero attached hydrogens (tertiary/aromatic N) is 3. The van der Waals surface area contributed by atoms with Gasteiger partial charge in [0.15, 0.2) is 11.5 Å². The Balaban J connectivity index is 1.72. The van der Waals surface area contributed by atoms with Crippen LogP contribution in [0.5, 0.6) is 0 Å². The molecule has 2 heterocycles. The number of halogens is 4. The van der Waals surface area contributed by atoms with Crippen LogP contribution >= 0.6 is 0 Å². The van der Waals surface area contributed by atoms with E-state index in [0.29, 0.717) is 31.7 Å². The van der Waals surface area contributed by atoms with Crippen LogP contribution < -0.4 is 10.2 Å². The SMILES string of the molecule is CNC(=O)c1ccc(N2CCC(=Cc3cc(F)ccc3C(F)(F)F)CC2)nn1. The fraction of sp³-hybridized carbons (Fsp3) is 0.316. The lowest BCUT2D eigenvalue weighted by molar-refractivity contribution is -0.137. The Morgan fingerprint density at radius 3 is 2.43 bits per heavy atom. The Labute approximate surface area is 159 Å². The third-order valence-electron chi connectivity index (χ3n) is 4.52. The molecule has 3 rings (SSSR count). The molecule has 0 spiro atoms. The first-order valence-electron chi connectivity index (χ1n) is 8.65. The van der Waals surface area contributed by atoms with E-state index in [4.69, 9.17) is 0 Å². The number of carbonyl (C=O) groups excluding carboxylic acids is 1. The van der Waals surface area contributed by atoms with Gasteiger partial charge in [-0.05, 0) is 48.7 Å². The molecule has 1 saturated heterocycles. The van der Waals surface area contributed by atoms with Gasteiger partial charge in [-0.3, -0.25) is 4.79 Å². The summed E-state index contributed by atoms with van der Waals surface area (Å²) in [6, 6.07) is 5.73. The lowest BCUT2D eigenvalue weighted by Gasteiger charge is -2.29. The molecule has 1 aromatic heterocycles. The fourth-order valence-electron chi connectivity index (χ4n) is 3.04. The number of nitrogens with one attached hydrogen (secondary N) is 1. The molecule has 0 bridgehead atoms. The van der Waals surface area contributed by atoms with Crippen LogP contribution in [0, 0.1) is 5.82 Å². The Bertz CT molecular complexity index is 884. The highest BCUT2D eigenvalue weighted by Gasteiger charge is 2.33. The minimum atomic E-state index is -4.54. The second-order valence-electron chi connectivity index (χ2n) is 6.37. The van der Waals surface area contributed by atoms with E-state index in [1.54, 1.807) is 12.1 Å². The summed E-state index contributed by atoms with van der Waals surface area (Å²) in [7, 11) is 1.50. The molecule has 1 amide bonds. The Kier molecular flexibility index (Phi) is 5.62. The highest BCUT2D eigenvalue weighted by molar-refractivity contribution is 5.91. The summed E-state index contributed by atoms with van der Waals surface area (Å²) in [5.74, 6) is -0.448. The van der Waals surface area contributed by atoms with Crippen molar-refractivity contribution in [1.82, 2.24) is 15.5 Å². The zero-order valence-electron chi connectivity index (χ0n) is 15.1. The Morgan fingerprint density at radius 1 is 1.14 bits per heavy atom. The van der Waals surface area contributed by atoms with Gasteiger partial charge in [-0.1, -0.05) is 11.6 Å². The predicted molar refractivity (Wildman–Crippen MR) is 96.2 cm³/mol. The molecule has 1 N–H and O–H groups in total. The molecule has 9 heteroatoms. The summed E-state index contributed by atoms with van der Waals surface area (Å²) in [6.07, 6.45) is -2.08. The van der Waals surface area contributed by atoms with Crippen LogP contribution in [0.4, 0.5) is 23.4 Å². The number of hydrogen-bond donors (Lipinski definition) is 1. The van der Waals surface area contributed by atoms with Gasteiger partial charge >= 0.3 is 6.18 Å². The normalized spacial score (nSPS) is 14.8. The van der Waals surface area contributed by atoms with Crippen molar-refractivity contribution in [3.63, 3.8) is 0 Å². The van der Waals surface area contributed by atoms with Crippen LogP contribution in [0.2, 0.25) is 0 Å². The first-order valence-corrected chi connectivity index (χ1v) is 8.65. The molecule has 1 aliphatic rings. The number of anilines is 1. The van der Waals surface area contributed by atoms with Gasteiger partial charge in [0, 0.05) is 20.1 Å². The maximum absolute atomic E-state index is 13.4. The maximum Gasteiger partial charge on any atom is 0.416 e. The van der Waals surface area contributed by atoms with Crippen molar-refractivity contribution in [1.29, 1.82) is 0 Å². The van der Waals surface area contributed by atoms with E-state index in [-0.39, 0.29) is 17.2 Å². The average Bonchev–Trinajstić information content (AvgIpc) is 2.67. The standard InChI is InChI=1S/C19H18F4N4O/c1-24-18(28)16-4-5-17(26-25-16)27-8-6-12(7-9-27)10-13-11-14(20)2-3-15(13)19(21,22)23/h2-5,10-11H,6-9H2,1H3,(H,24,28). The van der Waals surface area contributed by atoms with Crippen molar-refractivity contribution < 1.29 is 22.4 Å². The summed E-state index contributed by atoms with van der Waals surface area (Å²) in [5, 5.41) is 10.4. The van der Waals surface area contributed by atoms with Gasteiger partial charge in [0.1, 0.15) is 5.82 Å². The monoisotopic (exact) mass is 394 g/mol. The molecule has 0 saturated carbocycles. The number of alkyl halides is 3. The van der Waals surface area contributed by atoms with Crippen molar-refractivity contribution >= 4 is 17.8 Å². The number of carbonyl (C=O) groups is 1. The van der Waals surface area contributed by atoms with Crippen molar-refractivity contribution in [3.05, 3.63) is 58.5 Å². The molecule has 1 fully saturated rings. The van der Waals surface area contributed by atoms with E-state index in [2.05, 4.69) is 15.5 Å². The van der Waals surface area contributed by atoms with Crippen LogP contribution in [0.1, 0.15) is 34.5 Å². The number of aromatic nitrogens is 2. The second-order valence-corrected chi connectivity index (χ2v) is 6.37. The highest BCUT2D eigenvalue weighted by atomic mass is 19.4. The van der Waals surface area contributed by atoms with Crippen LogP contribution in [-0.4, -0.2) is 36.2 Å². The lowest BCUT2D eigenvalue weighted by Crippen LogP contribution is -2.31. The number of amides is 1. The molecule has 0 atom stereocenters. The topological polar surface area (TPSA) is 58.1 Å². The number of benzene rings is 1. The van der Waals surface area contributed by atoms with E-state index in [1.165, 1.54) is 13.1 Å². The number of hydrogen-bond acceptors (Lipinski definition) is 4.